The predicted octanol–water partition coefficient (Wildman–Crippen LogP) is -0.597. The Kier molecular flexibility index (Phi) is 3.45. The van der Waals surface area contributed by atoms with Gasteiger partial charge in [0.25, 0.3) is 0 Å². The van der Waals surface area contributed by atoms with Crippen molar-refractivity contribution in [2.24, 2.45) is 0 Å². The predicted molar refractivity (Wildman–Crippen MR) is 50.3 cm³/mol. The molecular formula is C9H16N2O2. The largest absolute Gasteiger partial charge is 0.394 e. The second kappa shape index (κ2) is 4.39. The van der Waals surface area contributed by atoms with Crippen LogP contribution in [0, 0.1) is 0 Å². The second-order valence-corrected chi connectivity index (χ2v) is 3.39. The quantitative estimate of drug-likeness (QED) is 0.513. The summed E-state index contributed by atoms with van der Waals surface area (Å²) in [7, 11) is 0. The maximum Gasteiger partial charge on any atom is 0.247 e. The molecule has 1 fully saturated rings. The average molecular weight is 184 g/mol. The molecule has 1 aliphatic heterocycles. The van der Waals surface area contributed by atoms with Gasteiger partial charge in [-0.25, -0.2) is 0 Å². The molecule has 0 aromatic carbocycles. The fourth-order valence-corrected chi connectivity index (χ4v) is 1.05. The third-order valence-corrected chi connectivity index (χ3v) is 2.20. The minimum Gasteiger partial charge on any atom is -0.394 e. The van der Waals surface area contributed by atoms with Crippen molar-refractivity contribution in [3.63, 3.8) is 0 Å². The molecule has 1 heterocycles. The van der Waals surface area contributed by atoms with Crippen molar-refractivity contribution in [2.45, 2.75) is 19.9 Å². The molecule has 1 unspecified atom stereocenters. The highest BCUT2D eigenvalue weighted by molar-refractivity contribution is 5.94. The summed E-state index contributed by atoms with van der Waals surface area (Å²) in [6.45, 7) is 5.19. The fraction of sp³-hybridized carbons (Fsp3) is 0.667. The van der Waals surface area contributed by atoms with Crippen molar-refractivity contribution in [1.29, 1.82) is 0 Å². The molecule has 74 valence electrons. The highest BCUT2D eigenvalue weighted by Gasteiger charge is 2.16. The van der Waals surface area contributed by atoms with Gasteiger partial charge in [-0.3, -0.25) is 4.79 Å². The molecule has 0 spiro atoms. The Bertz CT molecular complexity index is 230. The van der Waals surface area contributed by atoms with Crippen LogP contribution in [0.3, 0.4) is 0 Å². The van der Waals surface area contributed by atoms with Gasteiger partial charge in [0.2, 0.25) is 5.91 Å². The van der Waals surface area contributed by atoms with Gasteiger partial charge in [-0.1, -0.05) is 0 Å². The molecule has 0 radical (unpaired) electrons. The molecule has 0 aliphatic carbocycles. The van der Waals surface area contributed by atoms with E-state index in [1.54, 1.807) is 6.92 Å². The van der Waals surface area contributed by atoms with Crippen molar-refractivity contribution >= 4 is 5.91 Å². The van der Waals surface area contributed by atoms with E-state index in [4.69, 9.17) is 5.11 Å². The van der Waals surface area contributed by atoms with E-state index in [-0.39, 0.29) is 18.6 Å². The minimum absolute atomic E-state index is 0.0212. The van der Waals surface area contributed by atoms with Crippen LogP contribution in [0.25, 0.3) is 0 Å². The van der Waals surface area contributed by atoms with Crippen molar-refractivity contribution in [3.05, 3.63) is 11.1 Å². The topological polar surface area (TPSA) is 61.4 Å². The van der Waals surface area contributed by atoms with E-state index < -0.39 is 0 Å². The lowest BCUT2D eigenvalue weighted by Gasteiger charge is -2.22. The normalized spacial score (nSPS) is 17.6. The van der Waals surface area contributed by atoms with Gasteiger partial charge in [-0.05, 0) is 19.4 Å². The third kappa shape index (κ3) is 2.54. The van der Waals surface area contributed by atoms with Crippen LogP contribution in [0.15, 0.2) is 11.1 Å². The van der Waals surface area contributed by atoms with Gasteiger partial charge in [-0.15, -0.1) is 0 Å². The van der Waals surface area contributed by atoms with Crippen LogP contribution in [-0.2, 0) is 4.79 Å². The van der Waals surface area contributed by atoms with Crippen LogP contribution in [0.4, 0.5) is 0 Å². The van der Waals surface area contributed by atoms with E-state index in [1.165, 1.54) is 0 Å². The summed E-state index contributed by atoms with van der Waals surface area (Å²) in [4.78, 5) is 11.4. The van der Waals surface area contributed by atoms with Crippen molar-refractivity contribution in [3.8, 4) is 0 Å². The summed E-state index contributed by atoms with van der Waals surface area (Å²) in [6.07, 6.45) is 0. The van der Waals surface area contributed by atoms with Gasteiger partial charge in [0.05, 0.1) is 6.61 Å². The lowest BCUT2D eigenvalue weighted by Crippen LogP contribution is -2.40. The number of carbonyl (C=O) groups excluding carboxylic acids is 1. The summed E-state index contributed by atoms with van der Waals surface area (Å²) in [5.41, 5.74) is 1.93. The molecule has 0 aromatic heterocycles. The molecule has 1 atom stereocenters. The Hall–Kier alpha value is -0.870. The Morgan fingerprint density at radius 1 is 1.69 bits per heavy atom. The number of hydrogen-bond acceptors (Lipinski definition) is 3. The number of amides is 1. The molecule has 4 heteroatoms. The summed E-state index contributed by atoms with van der Waals surface area (Å²) in [6, 6.07) is -0.170. The van der Waals surface area contributed by atoms with Crippen LogP contribution in [-0.4, -0.2) is 36.8 Å². The monoisotopic (exact) mass is 184 g/mol. The summed E-state index contributed by atoms with van der Waals surface area (Å²) in [5.74, 6) is -0.0712. The zero-order chi connectivity index (χ0) is 9.84. The average Bonchev–Trinajstić information content (AvgIpc) is 2.00. The smallest absolute Gasteiger partial charge is 0.247 e. The lowest BCUT2D eigenvalue weighted by atomic mass is 10.0. The lowest BCUT2D eigenvalue weighted by molar-refractivity contribution is -0.118. The van der Waals surface area contributed by atoms with Gasteiger partial charge in [0.15, 0.2) is 0 Å². The third-order valence-electron chi connectivity index (χ3n) is 2.20. The van der Waals surface area contributed by atoms with E-state index in [0.717, 1.165) is 24.2 Å². The Morgan fingerprint density at radius 2 is 2.31 bits per heavy atom. The minimum atomic E-state index is -0.170. The van der Waals surface area contributed by atoms with E-state index in [9.17, 15) is 4.79 Å². The van der Waals surface area contributed by atoms with E-state index in [1.807, 2.05) is 6.92 Å². The molecular weight excluding hydrogens is 168 g/mol. The highest BCUT2D eigenvalue weighted by Crippen LogP contribution is 2.08. The zero-order valence-electron chi connectivity index (χ0n) is 8.05. The molecule has 0 bridgehead atoms. The Morgan fingerprint density at radius 3 is 2.69 bits per heavy atom. The van der Waals surface area contributed by atoms with Crippen molar-refractivity contribution in [2.75, 3.05) is 19.7 Å². The van der Waals surface area contributed by atoms with Crippen molar-refractivity contribution < 1.29 is 9.90 Å². The first-order valence-electron chi connectivity index (χ1n) is 4.46. The van der Waals surface area contributed by atoms with Crippen LogP contribution in [0.1, 0.15) is 13.8 Å². The molecule has 13 heavy (non-hydrogen) atoms. The number of aliphatic hydroxyl groups excluding tert-OH is 1. The zero-order valence-corrected chi connectivity index (χ0v) is 8.05. The second-order valence-electron chi connectivity index (χ2n) is 3.39. The summed E-state index contributed by atoms with van der Waals surface area (Å²) in [5, 5.41) is 14.5. The van der Waals surface area contributed by atoms with E-state index in [0.29, 0.717) is 0 Å². The summed E-state index contributed by atoms with van der Waals surface area (Å²) >= 11 is 0. The standard InChI is InChI=1S/C9H16N2O2/c1-6(5-12)11-9(13)7(2)8-3-10-4-8/h6,10,12H,3-5H2,1-2H3,(H,11,13). The fourth-order valence-electron chi connectivity index (χ4n) is 1.05. The maximum absolute atomic E-state index is 11.4. The van der Waals surface area contributed by atoms with Gasteiger partial charge < -0.3 is 15.7 Å². The number of aliphatic hydroxyl groups is 1. The van der Waals surface area contributed by atoms with Crippen molar-refractivity contribution in [1.82, 2.24) is 10.6 Å². The number of rotatable bonds is 3. The molecule has 1 aliphatic rings. The number of carbonyl (C=O) groups is 1. The molecule has 1 amide bonds. The highest BCUT2D eigenvalue weighted by atomic mass is 16.3. The first-order valence-corrected chi connectivity index (χ1v) is 4.46. The van der Waals surface area contributed by atoms with Gasteiger partial charge >= 0.3 is 0 Å². The first kappa shape index (κ1) is 10.2. The Balaban J connectivity index is 2.47. The van der Waals surface area contributed by atoms with Gasteiger partial charge in [0.1, 0.15) is 0 Å². The molecule has 0 aromatic rings. The Labute approximate surface area is 78.0 Å². The SMILES string of the molecule is CC(C(=O)NC(C)CO)=C1CNC1. The molecule has 0 saturated carbocycles. The molecule has 1 saturated heterocycles. The van der Waals surface area contributed by atoms with Crippen LogP contribution >= 0.6 is 0 Å². The molecule has 3 N–H and O–H groups in total. The number of nitrogens with one attached hydrogen (secondary N) is 2. The van der Waals surface area contributed by atoms with Gasteiger partial charge in [-0.2, -0.15) is 0 Å². The van der Waals surface area contributed by atoms with Gasteiger partial charge in [0, 0.05) is 24.7 Å². The van der Waals surface area contributed by atoms with Crippen LogP contribution in [0.5, 0.6) is 0 Å². The maximum atomic E-state index is 11.4. The first-order chi connectivity index (χ1) is 6.15. The number of hydrogen-bond donors (Lipinski definition) is 3. The molecule has 4 nitrogen and oxygen atoms in total. The summed E-state index contributed by atoms with van der Waals surface area (Å²) < 4.78 is 0. The van der Waals surface area contributed by atoms with Crippen LogP contribution < -0.4 is 10.6 Å². The molecule has 1 rings (SSSR count). The van der Waals surface area contributed by atoms with E-state index in [2.05, 4.69) is 10.6 Å². The van der Waals surface area contributed by atoms with E-state index >= 15 is 0 Å². The van der Waals surface area contributed by atoms with Crippen LogP contribution in [0.2, 0.25) is 0 Å².